The fourth-order valence-corrected chi connectivity index (χ4v) is 2.58. The maximum atomic E-state index is 3.28. The third-order valence-electron chi connectivity index (χ3n) is 3.42. The summed E-state index contributed by atoms with van der Waals surface area (Å²) in [6.45, 7) is 2.20. The molecule has 84 valence electrons. The molecule has 0 amide bonds. The van der Waals surface area contributed by atoms with Crippen LogP contribution in [0.4, 0.5) is 5.69 Å². The molecule has 1 heteroatoms. The largest absolute Gasteiger partial charge is 0.388 e. The van der Waals surface area contributed by atoms with E-state index < -0.39 is 0 Å². The van der Waals surface area contributed by atoms with Crippen LogP contribution in [-0.4, -0.2) is 7.05 Å². The Morgan fingerprint density at radius 2 is 1.65 bits per heavy atom. The summed E-state index contributed by atoms with van der Waals surface area (Å²) in [5.74, 6) is 0. The lowest BCUT2D eigenvalue weighted by molar-refractivity contribution is 1.51. The summed E-state index contributed by atoms with van der Waals surface area (Å²) in [6.07, 6.45) is 0. The van der Waals surface area contributed by atoms with E-state index in [1.807, 2.05) is 7.05 Å². The number of fused-ring (bicyclic) bond motifs is 2. The second-order valence-corrected chi connectivity index (χ2v) is 4.38. The number of nitrogens with one attached hydrogen (secondary N) is 1. The Morgan fingerprint density at radius 3 is 2.47 bits per heavy atom. The van der Waals surface area contributed by atoms with E-state index in [2.05, 4.69) is 60.8 Å². The molecule has 1 N–H and O–H groups in total. The molecule has 0 aliphatic heterocycles. The van der Waals surface area contributed by atoms with Crippen molar-refractivity contribution < 1.29 is 0 Å². The molecule has 0 aliphatic carbocycles. The van der Waals surface area contributed by atoms with E-state index in [0.717, 1.165) is 0 Å². The Hall–Kier alpha value is -2.02. The number of rotatable bonds is 1. The van der Waals surface area contributed by atoms with Crippen molar-refractivity contribution >= 4 is 27.2 Å². The molecular formula is C16H15N. The lowest BCUT2D eigenvalue weighted by atomic mass is 9.97. The molecule has 0 unspecified atom stereocenters. The number of hydrogen-bond acceptors (Lipinski definition) is 1. The Kier molecular flexibility index (Phi) is 2.25. The third-order valence-corrected chi connectivity index (χ3v) is 3.42. The Balaban J connectivity index is 2.55. The van der Waals surface area contributed by atoms with E-state index in [9.17, 15) is 0 Å². The molecular weight excluding hydrogens is 206 g/mol. The molecule has 0 heterocycles. The minimum atomic E-state index is 1.20. The molecule has 3 rings (SSSR count). The van der Waals surface area contributed by atoms with E-state index in [-0.39, 0.29) is 0 Å². The second kappa shape index (κ2) is 3.77. The maximum absolute atomic E-state index is 3.28. The van der Waals surface area contributed by atoms with E-state index in [0.29, 0.717) is 0 Å². The molecule has 17 heavy (non-hydrogen) atoms. The highest BCUT2D eigenvalue weighted by atomic mass is 14.8. The first-order valence-corrected chi connectivity index (χ1v) is 5.90. The molecule has 0 spiro atoms. The van der Waals surface area contributed by atoms with Crippen LogP contribution < -0.4 is 5.32 Å². The topological polar surface area (TPSA) is 12.0 Å². The van der Waals surface area contributed by atoms with Gasteiger partial charge in [-0.05, 0) is 40.8 Å². The van der Waals surface area contributed by atoms with Crippen LogP contribution in [0.5, 0.6) is 0 Å². The lowest BCUT2D eigenvalue weighted by Gasteiger charge is -2.11. The van der Waals surface area contributed by atoms with Gasteiger partial charge < -0.3 is 5.32 Å². The van der Waals surface area contributed by atoms with Gasteiger partial charge in [-0.3, -0.25) is 0 Å². The Bertz CT molecular complexity index is 698. The summed E-state index contributed by atoms with van der Waals surface area (Å²) in [4.78, 5) is 0. The van der Waals surface area contributed by atoms with Gasteiger partial charge in [0.2, 0.25) is 0 Å². The minimum Gasteiger partial charge on any atom is -0.388 e. The molecule has 0 fully saturated rings. The van der Waals surface area contributed by atoms with Gasteiger partial charge in [0.1, 0.15) is 0 Å². The minimum absolute atomic E-state index is 1.20. The second-order valence-electron chi connectivity index (χ2n) is 4.38. The molecule has 1 nitrogen and oxygen atoms in total. The highest BCUT2D eigenvalue weighted by Gasteiger charge is 2.06. The molecule has 0 radical (unpaired) electrons. The zero-order valence-corrected chi connectivity index (χ0v) is 10.1. The fourth-order valence-electron chi connectivity index (χ4n) is 2.58. The van der Waals surface area contributed by atoms with E-state index in [1.54, 1.807) is 0 Å². The predicted octanol–water partition coefficient (Wildman–Crippen LogP) is 4.34. The van der Waals surface area contributed by atoms with Crippen LogP contribution in [0, 0.1) is 6.92 Å². The number of hydrogen-bond donors (Lipinski definition) is 1. The highest BCUT2D eigenvalue weighted by molar-refractivity contribution is 6.07. The molecule has 0 bridgehead atoms. The molecule has 0 saturated carbocycles. The van der Waals surface area contributed by atoms with Crippen LogP contribution in [0.1, 0.15) is 5.56 Å². The molecule has 0 aliphatic rings. The van der Waals surface area contributed by atoms with Crippen molar-refractivity contribution in [3.8, 4) is 0 Å². The van der Waals surface area contributed by atoms with Crippen molar-refractivity contribution in [2.24, 2.45) is 0 Å². The molecule has 0 atom stereocenters. The van der Waals surface area contributed by atoms with Gasteiger partial charge in [-0.15, -0.1) is 0 Å². The third kappa shape index (κ3) is 1.47. The first kappa shape index (κ1) is 10.2. The van der Waals surface area contributed by atoms with Gasteiger partial charge in [0, 0.05) is 18.1 Å². The lowest BCUT2D eigenvalue weighted by Crippen LogP contribution is -1.92. The van der Waals surface area contributed by atoms with Crippen LogP contribution in [0.3, 0.4) is 0 Å². The van der Waals surface area contributed by atoms with Crippen LogP contribution >= 0.6 is 0 Å². The summed E-state index contributed by atoms with van der Waals surface area (Å²) in [6, 6.07) is 17.2. The van der Waals surface area contributed by atoms with E-state index >= 15 is 0 Å². The van der Waals surface area contributed by atoms with Gasteiger partial charge in [0.05, 0.1) is 0 Å². The van der Waals surface area contributed by atoms with E-state index in [1.165, 1.54) is 32.8 Å². The van der Waals surface area contributed by atoms with Crippen LogP contribution in [0.2, 0.25) is 0 Å². The Labute approximate surface area is 101 Å². The van der Waals surface area contributed by atoms with Crippen LogP contribution in [0.15, 0.2) is 48.5 Å². The number of aryl methyl sites for hydroxylation is 1. The first-order valence-electron chi connectivity index (χ1n) is 5.90. The standard InChI is InChI=1S/C16H15N/c1-11-14-8-4-3-6-12(14)10-13-7-5-9-15(17-2)16(11)13/h3-10,17H,1-2H3. The molecule has 0 saturated heterocycles. The predicted molar refractivity (Wildman–Crippen MR) is 75.7 cm³/mol. The van der Waals surface area contributed by atoms with Crippen molar-refractivity contribution in [3.63, 3.8) is 0 Å². The average Bonchev–Trinajstić information content (AvgIpc) is 2.38. The average molecular weight is 221 g/mol. The normalized spacial score (nSPS) is 10.9. The van der Waals surface area contributed by atoms with Crippen LogP contribution in [-0.2, 0) is 0 Å². The van der Waals surface area contributed by atoms with Crippen molar-refractivity contribution in [2.75, 3.05) is 12.4 Å². The molecule has 3 aromatic rings. The zero-order valence-electron chi connectivity index (χ0n) is 10.1. The monoisotopic (exact) mass is 221 g/mol. The summed E-state index contributed by atoms with van der Waals surface area (Å²) in [5.41, 5.74) is 2.55. The van der Waals surface area contributed by atoms with Gasteiger partial charge in [-0.1, -0.05) is 36.4 Å². The summed E-state index contributed by atoms with van der Waals surface area (Å²) in [7, 11) is 1.98. The van der Waals surface area contributed by atoms with Crippen LogP contribution in [0.25, 0.3) is 21.5 Å². The van der Waals surface area contributed by atoms with Gasteiger partial charge in [0.15, 0.2) is 0 Å². The van der Waals surface area contributed by atoms with Crippen molar-refractivity contribution in [1.29, 1.82) is 0 Å². The maximum Gasteiger partial charge on any atom is 0.0420 e. The van der Waals surface area contributed by atoms with Gasteiger partial charge in [-0.2, -0.15) is 0 Å². The van der Waals surface area contributed by atoms with Crippen molar-refractivity contribution in [2.45, 2.75) is 6.92 Å². The highest BCUT2D eigenvalue weighted by Crippen LogP contribution is 2.32. The summed E-state index contributed by atoms with van der Waals surface area (Å²) < 4.78 is 0. The van der Waals surface area contributed by atoms with Gasteiger partial charge in [-0.25, -0.2) is 0 Å². The summed E-state index contributed by atoms with van der Waals surface area (Å²) >= 11 is 0. The van der Waals surface area contributed by atoms with Crippen molar-refractivity contribution in [1.82, 2.24) is 0 Å². The quantitative estimate of drug-likeness (QED) is 0.603. The fraction of sp³-hybridized carbons (Fsp3) is 0.125. The van der Waals surface area contributed by atoms with E-state index in [4.69, 9.17) is 0 Å². The SMILES string of the molecule is CNc1cccc2cc3ccccc3c(C)c12. The number of anilines is 1. The smallest absolute Gasteiger partial charge is 0.0420 e. The first-order chi connectivity index (χ1) is 8.31. The summed E-state index contributed by atoms with van der Waals surface area (Å²) in [5, 5.41) is 8.55. The Morgan fingerprint density at radius 1 is 0.882 bits per heavy atom. The van der Waals surface area contributed by atoms with Gasteiger partial charge >= 0.3 is 0 Å². The zero-order chi connectivity index (χ0) is 11.8. The number of benzene rings is 3. The molecule has 0 aromatic heterocycles. The van der Waals surface area contributed by atoms with Crippen molar-refractivity contribution in [3.05, 3.63) is 54.1 Å². The van der Waals surface area contributed by atoms with Gasteiger partial charge in [0.25, 0.3) is 0 Å². The molecule has 3 aromatic carbocycles.